The van der Waals surface area contributed by atoms with Crippen LogP contribution in [-0.2, 0) is 0 Å². The minimum Gasteiger partial charge on any atom is -0.377 e. The number of rotatable bonds is 3. The van der Waals surface area contributed by atoms with Gasteiger partial charge >= 0.3 is 0 Å². The highest BCUT2D eigenvalue weighted by molar-refractivity contribution is 5.16. The molecule has 29 heavy (non-hydrogen) atoms. The van der Waals surface area contributed by atoms with Crippen LogP contribution >= 0.6 is 0 Å². The predicted molar refractivity (Wildman–Crippen MR) is 113 cm³/mol. The van der Waals surface area contributed by atoms with Gasteiger partial charge < -0.3 is 10.2 Å². The molecule has 1 saturated heterocycles. The molecule has 1 aliphatic heterocycles. The highest BCUT2D eigenvalue weighted by Gasteiger charge is 2.58. The normalized spacial score (nSPS) is 38.2. The summed E-state index contributed by atoms with van der Waals surface area (Å²) in [5.41, 5.74) is 4.27. The number of hydrogen-bond acceptors (Lipinski definition) is 5. The van der Waals surface area contributed by atoms with Gasteiger partial charge in [0.1, 0.15) is 12.5 Å². The molecule has 6 atom stereocenters. The number of aliphatic hydroxyl groups excluding tert-OH is 2. The van der Waals surface area contributed by atoms with Crippen molar-refractivity contribution in [3.05, 3.63) is 35.9 Å². The number of aliphatic hydroxyl groups is 2. The average Bonchev–Trinajstić information content (AvgIpc) is 2.76. The minimum atomic E-state index is -0.808. The number of nitrogens with zero attached hydrogens (tertiary/aromatic N) is 1. The summed E-state index contributed by atoms with van der Waals surface area (Å²) in [5.74, 6) is 1.78. The third-order valence-corrected chi connectivity index (χ3v) is 8.58. The fraction of sp³-hybridized carbons (Fsp3) is 0.750. The van der Waals surface area contributed by atoms with Crippen LogP contribution in [0.25, 0.3) is 0 Å². The van der Waals surface area contributed by atoms with E-state index in [-0.39, 0.29) is 11.3 Å². The highest BCUT2D eigenvalue weighted by atomic mass is 16.3. The molecular formula is C24H37N3O2. The summed E-state index contributed by atoms with van der Waals surface area (Å²) in [5, 5.41) is 27.9. The lowest BCUT2D eigenvalue weighted by Gasteiger charge is -2.62. The Morgan fingerprint density at radius 3 is 2.59 bits per heavy atom. The van der Waals surface area contributed by atoms with E-state index in [1.165, 1.54) is 64.2 Å². The van der Waals surface area contributed by atoms with Crippen LogP contribution in [0.5, 0.6) is 0 Å². The van der Waals surface area contributed by atoms with Crippen LogP contribution in [0.1, 0.15) is 76.0 Å². The van der Waals surface area contributed by atoms with Gasteiger partial charge in [-0.25, -0.2) is 5.43 Å². The largest absolute Gasteiger partial charge is 0.377 e. The molecular weight excluding hydrogens is 362 g/mol. The maximum Gasteiger partial charge on any atom is 0.143 e. The second-order valence-corrected chi connectivity index (χ2v) is 10.1. The molecule has 160 valence electrons. The van der Waals surface area contributed by atoms with Gasteiger partial charge in [0.25, 0.3) is 0 Å². The molecule has 1 spiro atoms. The molecule has 4 fully saturated rings. The molecule has 1 heterocycles. The van der Waals surface area contributed by atoms with E-state index in [1.54, 1.807) is 0 Å². The van der Waals surface area contributed by atoms with Gasteiger partial charge in [0.15, 0.2) is 0 Å². The molecule has 6 unspecified atom stereocenters. The van der Waals surface area contributed by atoms with E-state index in [0.29, 0.717) is 18.6 Å². The van der Waals surface area contributed by atoms with Gasteiger partial charge in [-0.1, -0.05) is 68.9 Å². The smallest absolute Gasteiger partial charge is 0.143 e. The summed E-state index contributed by atoms with van der Waals surface area (Å²) < 4.78 is 0. The highest BCUT2D eigenvalue weighted by Crippen LogP contribution is 2.59. The van der Waals surface area contributed by atoms with Crippen molar-refractivity contribution in [2.24, 2.45) is 23.2 Å². The fourth-order valence-corrected chi connectivity index (χ4v) is 7.32. The van der Waals surface area contributed by atoms with Crippen molar-refractivity contribution in [2.45, 2.75) is 82.7 Å². The Morgan fingerprint density at radius 1 is 1.03 bits per heavy atom. The van der Waals surface area contributed by atoms with Gasteiger partial charge in [-0.2, -0.15) is 5.01 Å². The number of hydrogen-bond donors (Lipinski definition) is 4. The minimum absolute atomic E-state index is 0.242. The van der Waals surface area contributed by atoms with Crippen LogP contribution in [0.15, 0.2) is 30.3 Å². The van der Waals surface area contributed by atoms with Gasteiger partial charge in [-0.05, 0) is 48.5 Å². The maximum atomic E-state index is 11.6. The Hall–Kier alpha value is -0.980. The summed E-state index contributed by atoms with van der Waals surface area (Å²) in [4.78, 5) is 0. The predicted octanol–water partition coefficient (Wildman–Crippen LogP) is 3.51. The van der Waals surface area contributed by atoms with Gasteiger partial charge in [0.05, 0.1) is 6.67 Å². The van der Waals surface area contributed by atoms with Crippen LogP contribution in [0.4, 0.5) is 0 Å². The summed E-state index contributed by atoms with van der Waals surface area (Å²) in [6.45, 7) is 0.575. The third-order valence-electron chi connectivity index (χ3n) is 8.58. The number of nitrogens with one attached hydrogen (secondary N) is 2. The van der Waals surface area contributed by atoms with Crippen LogP contribution in [-0.4, -0.2) is 34.2 Å². The van der Waals surface area contributed by atoms with Crippen molar-refractivity contribution in [3.8, 4) is 0 Å². The Balaban J connectivity index is 1.39. The molecule has 4 N–H and O–H groups in total. The Kier molecular flexibility index (Phi) is 5.69. The summed E-state index contributed by atoms with van der Waals surface area (Å²) in [6.07, 6.45) is 11.8. The zero-order chi connectivity index (χ0) is 19.8. The van der Waals surface area contributed by atoms with Crippen molar-refractivity contribution in [1.29, 1.82) is 0 Å². The number of hydrazine groups is 1. The van der Waals surface area contributed by atoms with Crippen molar-refractivity contribution in [2.75, 3.05) is 6.67 Å². The van der Waals surface area contributed by atoms with Crippen molar-refractivity contribution < 1.29 is 10.2 Å². The first-order valence-corrected chi connectivity index (χ1v) is 11.9. The topological polar surface area (TPSA) is 67.8 Å². The molecule has 3 aliphatic carbocycles. The standard InChI is InChI=1S/C24H37N3O2/c28-22(17-9-3-1-4-10-17)26-27-16-25-21-19-12-6-5-11-18(19)15-24(20(21)23(27)29)13-7-2-8-14-24/h1,3-4,9-10,18-23,25-26,28-29H,2,5-8,11-16H2. The molecule has 0 aromatic heterocycles. The molecule has 0 amide bonds. The van der Waals surface area contributed by atoms with Crippen molar-refractivity contribution >= 4 is 0 Å². The van der Waals surface area contributed by atoms with E-state index in [0.717, 1.165) is 11.5 Å². The van der Waals surface area contributed by atoms with E-state index < -0.39 is 12.5 Å². The lowest BCUT2D eigenvalue weighted by Crippen LogP contribution is -2.71. The van der Waals surface area contributed by atoms with Crippen molar-refractivity contribution in [3.63, 3.8) is 0 Å². The SMILES string of the molecule is OC(NN1CNC2C3CCCCC3CC3(CCCCC3)C2C1O)c1ccccc1. The summed E-state index contributed by atoms with van der Waals surface area (Å²) in [7, 11) is 0. The first-order chi connectivity index (χ1) is 14.2. The van der Waals surface area contributed by atoms with E-state index in [4.69, 9.17) is 0 Å². The van der Waals surface area contributed by atoms with Gasteiger partial charge in [-0.3, -0.25) is 5.32 Å². The van der Waals surface area contributed by atoms with E-state index >= 15 is 0 Å². The van der Waals surface area contributed by atoms with Crippen LogP contribution in [0, 0.1) is 23.2 Å². The molecule has 5 nitrogen and oxygen atoms in total. The first-order valence-electron chi connectivity index (χ1n) is 11.9. The molecule has 5 heteroatoms. The van der Waals surface area contributed by atoms with E-state index in [9.17, 15) is 10.2 Å². The lowest BCUT2D eigenvalue weighted by molar-refractivity contribution is -0.206. The zero-order valence-electron chi connectivity index (χ0n) is 17.5. The lowest BCUT2D eigenvalue weighted by atomic mass is 9.49. The second-order valence-electron chi connectivity index (χ2n) is 10.1. The molecule has 5 rings (SSSR count). The molecule has 1 aromatic rings. The quantitative estimate of drug-likeness (QED) is 0.586. The Morgan fingerprint density at radius 2 is 1.79 bits per heavy atom. The Labute approximate surface area is 174 Å². The fourth-order valence-electron chi connectivity index (χ4n) is 7.32. The van der Waals surface area contributed by atoms with Crippen LogP contribution < -0.4 is 10.7 Å². The van der Waals surface area contributed by atoms with E-state index in [2.05, 4.69) is 10.7 Å². The van der Waals surface area contributed by atoms with E-state index in [1.807, 2.05) is 35.3 Å². The molecule has 4 aliphatic rings. The van der Waals surface area contributed by atoms with Crippen molar-refractivity contribution in [1.82, 2.24) is 15.8 Å². The first kappa shape index (κ1) is 20.0. The van der Waals surface area contributed by atoms with Gasteiger partial charge in [-0.15, -0.1) is 0 Å². The molecule has 0 bridgehead atoms. The van der Waals surface area contributed by atoms with Crippen LogP contribution in [0.3, 0.4) is 0 Å². The Bertz CT molecular complexity index is 678. The number of benzene rings is 1. The van der Waals surface area contributed by atoms with Crippen LogP contribution in [0.2, 0.25) is 0 Å². The summed E-state index contributed by atoms with van der Waals surface area (Å²) >= 11 is 0. The number of fused-ring (bicyclic) bond motifs is 4. The average molecular weight is 400 g/mol. The molecule has 0 radical (unpaired) electrons. The second kappa shape index (κ2) is 8.27. The zero-order valence-corrected chi connectivity index (χ0v) is 17.5. The molecule has 3 saturated carbocycles. The third kappa shape index (κ3) is 3.66. The molecule has 1 aromatic carbocycles. The maximum absolute atomic E-state index is 11.6. The van der Waals surface area contributed by atoms with Gasteiger partial charge in [0.2, 0.25) is 0 Å². The van der Waals surface area contributed by atoms with Gasteiger partial charge in [0, 0.05) is 12.0 Å². The summed E-state index contributed by atoms with van der Waals surface area (Å²) in [6, 6.07) is 10.1. The monoisotopic (exact) mass is 399 g/mol.